The number of benzene rings is 2. The monoisotopic (exact) mass is 416 g/mol. The van der Waals surface area contributed by atoms with Crippen LogP contribution in [-0.2, 0) is 19.6 Å². The maximum atomic E-state index is 12.2. The van der Waals surface area contributed by atoms with E-state index in [1.807, 2.05) is 0 Å². The largest absolute Gasteiger partial charge is 0.481 e. The van der Waals surface area contributed by atoms with E-state index in [4.69, 9.17) is 4.74 Å². The average molecular weight is 416 g/mol. The van der Waals surface area contributed by atoms with Crippen LogP contribution in [0.3, 0.4) is 0 Å². The van der Waals surface area contributed by atoms with Gasteiger partial charge in [0.05, 0.1) is 24.1 Å². The third-order valence-electron chi connectivity index (χ3n) is 3.53. The topological polar surface area (TPSA) is 111 Å². The van der Waals surface area contributed by atoms with Crippen molar-refractivity contribution >= 4 is 27.6 Å². The van der Waals surface area contributed by atoms with Crippen molar-refractivity contribution < 1.29 is 27.5 Å². The van der Waals surface area contributed by atoms with Crippen molar-refractivity contribution in [2.45, 2.75) is 11.8 Å². The molecule has 29 heavy (non-hydrogen) atoms. The average Bonchev–Trinajstić information content (AvgIpc) is 2.70. The molecule has 2 aromatic carbocycles. The molecule has 2 N–H and O–H groups in total. The molecule has 0 bridgehead atoms. The van der Waals surface area contributed by atoms with Gasteiger partial charge in [0.1, 0.15) is 12.4 Å². The van der Waals surface area contributed by atoms with Gasteiger partial charge in [0, 0.05) is 18.7 Å². The number of rotatable bonds is 7. The lowest BCUT2D eigenvalue weighted by atomic mass is 10.2. The summed E-state index contributed by atoms with van der Waals surface area (Å²) in [6, 6.07) is 12.2. The van der Waals surface area contributed by atoms with Crippen molar-refractivity contribution in [2.75, 3.05) is 25.6 Å². The van der Waals surface area contributed by atoms with E-state index in [1.165, 1.54) is 38.3 Å². The Labute approximate surface area is 169 Å². The third-order valence-corrected chi connectivity index (χ3v) is 4.94. The van der Waals surface area contributed by atoms with Gasteiger partial charge in [-0.25, -0.2) is 13.2 Å². The van der Waals surface area contributed by atoms with E-state index >= 15 is 0 Å². The lowest BCUT2D eigenvalue weighted by Gasteiger charge is -2.06. The normalized spacial score (nSPS) is 10.4. The second kappa shape index (κ2) is 10.3. The number of carbonyl (C=O) groups excluding carboxylic acids is 2. The van der Waals surface area contributed by atoms with Crippen molar-refractivity contribution in [3.8, 4) is 17.6 Å². The predicted octanol–water partition coefficient (Wildman–Crippen LogP) is 1.79. The summed E-state index contributed by atoms with van der Waals surface area (Å²) in [6.07, 6.45) is 0. The molecule has 0 radical (unpaired) electrons. The van der Waals surface area contributed by atoms with Gasteiger partial charge in [0.25, 0.3) is 0 Å². The molecule has 1 amide bonds. The Hall–Kier alpha value is -3.35. The number of hydrogen-bond donors (Lipinski definition) is 2. The van der Waals surface area contributed by atoms with E-state index in [-0.39, 0.29) is 29.5 Å². The molecule has 9 heteroatoms. The fourth-order valence-electron chi connectivity index (χ4n) is 2.20. The first-order valence-corrected chi connectivity index (χ1v) is 9.94. The number of esters is 1. The zero-order valence-electron chi connectivity index (χ0n) is 15.9. The fourth-order valence-corrected chi connectivity index (χ4v) is 3.13. The number of anilines is 1. The van der Waals surface area contributed by atoms with Crippen LogP contribution in [0, 0.1) is 11.8 Å². The quantitative estimate of drug-likeness (QED) is 0.526. The minimum Gasteiger partial charge on any atom is -0.481 e. The van der Waals surface area contributed by atoms with Crippen LogP contribution in [0.15, 0.2) is 53.4 Å². The molecule has 0 saturated carbocycles. The highest BCUT2D eigenvalue weighted by Gasteiger charge is 2.14. The Bertz CT molecular complexity index is 1040. The van der Waals surface area contributed by atoms with Crippen molar-refractivity contribution in [2.24, 2.45) is 0 Å². The number of carbonyl (C=O) groups is 2. The molecular formula is C20H20N2O6S. The van der Waals surface area contributed by atoms with Gasteiger partial charge in [-0.15, -0.1) is 0 Å². The van der Waals surface area contributed by atoms with E-state index in [0.717, 1.165) is 0 Å². The zero-order chi connectivity index (χ0) is 21.3. The molecule has 0 aliphatic rings. The highest BCUT2D eigenvalue weighted by Crippen LogP contribution is 2.17. The van der Waals surface area contributed by atoms with Crippen LogP contribution in [0.25, 0.3) is 0 Å². The molecule has 0 aromatic heterocycles. The minimum absolute atomic E-state index is 0.0120. The molecule has 2 aromatic rings. The Morgan fingerprint density at radius 3 is 2.45 bits per heavy atom. The summed E-state index contributed by atoms with van der Waals surface area (Å²) in [7, 11) is -2.50. The maximum absolute atomic E-state index is 12.2. The third kappa shape index (κ3) is 6.95. The first-order valence-electron chi connectivity index (χ1n) is 8.46. The van der Waals surface area contributed by atoms with Crippen LogP contribution < -0.4 is 14.8 Å². The summed E-state index contributed by atoms with van der Waals surface area (Å²) in [5, 5.41) is 2.64. The molecule has 0 saturated heterocycles. The maximum Gasteiger partial charge on any atom is 0.337 e. The van der Waals surface area contributed by atoms with E-state index in [1.54, 1.807) is 24.3 Å². The van der Waals surface area contributed by atoms with Gasteiger partial charge in [0.15, 0.2) is 0 Å². The predicted molar refractivity (Wildman–Crippen MR) is 107 cm³/mol. The summed E-state index contributed by atoms with van der Waals surface area (Å²) in [5.41, 5.74) is 0.861. The molecule has 8 nitrogen and oxygen atoms in total. The van der Waals surface area contributed by atoms with Crippen LogP contribution in [0.4, 0.5) is 5.69 Å². The number of sulfonamides is 1. The molecule has 2 rings (SSSR count). The SMILES string of the molecule is COC(=O)c1ccc(S(=O)(=O)NCC#CCOc2cccc(NC(C)=O)c2)cc1. The number of ether oxygens (including phenoxy) is 2. The highest BCUT2D eigenvalue weighted by molar-refractivity contribution is 7.89. The lowest BCUT2D eigenvalue weighted by Crippen LogP contribution is -2.24. The Balaban J connectivity index is 1.85. The van der Waals surface area contributed by atoms with E-state index in [0.29, 0.717) is 11.4 Å². The fraction of sp³-hybridized carbons (Fsp3) is 0.200. The Morgan fingerprint density at radius 1 is 1.07 bits per heavy atom. The molecule has 0 heterocycles. The number of amides is 1. The lowest BCUT2D eigenvalue weighted by molar-refractivity contribution is -0.114. The van der Waals surface area contributed by atoms with E-state index in [9.17, 15) is 18.0 Å². The van der Waals surface area contributed by atoms with Crippen LogP contribution in [0.5, 0.6) is 5.75 Å². The molecule has 0 spiro atoms. The van der Waals surface area contributed by atoms with Gasteiger partial charge >= 0.3 is 5.97 Å². The molecule has 0 aliphatic carbocycles. The van der Waals surface area contributed by atoms with Gasteiger partial charge in [-0.3, -0.25) is 4.79 Å². The second-order valence-corrected chi connectivity index (χ2v) is 7.46. The molecular weight excluding hydrogens is 396 g/mol. The zero-order valence-corrected chi connectivity index (χ0v) is 16.7. The summed E-state index contributed by atoms with van der Waals surface area (Å²) < 4.78 is 36.8. The van der Waals surface area contributed by atoms with Gasteiger partial charge in [-0.1, -0.05) is 17.9 Å². The highest BCUT2D eigenvalue weighted by atomic mass is 32.2. The minimum atomic E-state index is -3.75. The van der Waals surface area contributed by atoms with Crippen LogP contribution in [0.2, 0.25) is 0 Å². The summed E-state index contributed by atoms with van der Waals surface area (Å²) in [5.74, 6) is 5.15. The van der Waals surface area contributed by atoms with Gasteiger partial charge in [-0.05, 0) is 36.4 Å². The Kier molecular flexibility index (Phi) is 7.77. The van der Waals surface area contributed by atoms with Gasteiger partial charge < -0.3 is 14.8 Å². The van der Waals surface area contributed by atoms with Gasteiger partial charge in [0.2, 0.25) is 15.9 Å². The van der Waals surface area contributed by atoms with Crippen LogP contribution in [-0.4, -0.2) is 40.6 Å². The molecule has 0 atom stereocenters. The number of methoxy groups -OCH3 is 1. The summed E-state index contributed by atoms with van der Waals surface area (Å²) >= 11 is 0. The Morgan fingerprint density at radius 2 is 1.79 bits per heavy atom. The van der Waals surface area contributed by atoms with Gasteiger partial charge in [-0.2, -0.15) is 4.72 Å². The standard InChI is InChI=1S/C20H20N2O6S/c1-15(23)22-17-6-5-7-18(14-17)28-13-4-3-12-21-29(25,26)19-10-8-16(9-11-19)20(24)27-2/h5-11,14,21H,12-13H2,1-2H3,(H,22,23). The van der Waals surface area contributed by atoms with Crippen molar-refractivity contribution in [1.82, 2.24) is 4.72 Å². The summed E-state index contributed by atoms with van der Waals surface area (Å²) in [6.45, 7) is 1.36. The second-order valence-electron chi connectivity index (χ2n) is 5.69. The van der Waals surface area contributed by atoms with Crippen LogP contribution >= 0.6 is 0 Å². The van der Waals surface area contributed by atoms with Crippen molar-refractivity contribution in [3.05, 3.63) is 54.1 Å². The van der Waals surface area contributed by atoms with Crippen molar-refractivity contribution in [1.29, 1.82) is 0 Å². The number of nitrogens with one attached hydrogen (secondary N) is 2. The first-order chi connectivity index (χ1) is 13.8. The summed E-state index contributed by atoms with van der Waals surface area (Å²) in [4.78, 5) is 22.4. The first kappa shape index (κ1) is 21.9. The van der Waals surface area contributed by atoms with E-state index < -0.39 is 16.0 Å². The van der Waals surface area contributed by atoms with Crippen molar-refractivity contribution in [3.63, 3.8) is 0 Å². The molecule has 0 unspecified atom stereocenters. The molecule has 152 valence electrons. The van der Waals surface area contributed by atoms with Crippen LogP contribution in [0.1, 0.15) is 17.3 Å². The molecule has 0 aliphatic heterocycles. The smallest absolute Gasteiger partial charge is 0.337 e. The van der Waals surface area contributed by atoms with E-state index in [2.05, 4.69) is 26.6 Å². The molecule has 0 fully saturated rings. The number of hydrogen-bond acceptors (Lipinski definition) is 6.